The second-order valence-electron chi connectivity index (χ2n) is 6.48. The van der Waals surface area contributed by atoms with E-state index >= 15 is 0 Å². The van der Waals surface area contributed by atoms with Gasteiger partial charge in [0.25, 0.3) is 0 Å². The van der Waals surface area contributed by atoms with E-state index in [1.807, 2.05) is 18.2 Å². The molecule has 1 N–H and O–H groups in total. The van der Waals surface area contributed by atoms with E-state index < -0.39 is 0 Å². The molecule has 152 valence electrons. The average Bonchev–Trinajstić information content (AvgIpc) is 3.23. The van der Waals surface area contributed by atoms with Crippen LogP contribution in [0.4, 0.5) is 5.82 Å². The predicted octanol–water partition coefficient (Wildman–Crippen LogP) is 3.43. The van der Waals surface area contributed by atoms with Crippen molar-refractivity contribution in [2.45, 2.75) is 12.8 Å². The monoisotopic (exact) mass is 397 g/mol. The first-order valence-electron chi connectivity index (χ1n) is 9.31. The number of methoxy groups -OCH3 is 3. The summed E-state index contributed by atoms with van der Waals surface area (Å²) in [6.45, 7) is 1.04. The van der Waals surface area contributed by atoms with Gasteiger partial charge >= 0.3 is 0 Å². The molecule has 0 saturated heterocycles. The van der Waals surface area contributed by atoms with Gasteiger partial charge in [-0.15, -0.1) is 0 Å². The second kappa shape index (κ2) is 8.30. The first kappa shape index (κ1) is 18.9. The summed E-state index contributed by atoms with van der Waals surface area (Å²) < 4.78 is 27.2. The average molecular weight is 397 g/mol. The number of nitrogens with one attached hydrogen (secondary N) is 1. The number of rotatable bonds is 8. The van der Waals surface area contributed by atoms with Crippen molar-refractivity contribution in [3.8, 4) is 28.7 Å². The SMILES string of the molecule is COc1cc2c(NCCCc3ccc4c(c3)OCO4)ncnc2c(OC)c1OC. The Kier molecular flexibility index (Phi) is 5.41. The molecular weight excluding hydrogens is 374 g/mol. The molecule has 2 heterocycles. The predicted molar refractivity (Wildman–Crippen MR) is 109 cm³/mol. The highest BCUT2D eigenvalue weighted by Crippen LogP contribution is 2.43. The van der Waals surface area contributed by atoms with Crippen molar-refractivity contribution in [3.63, 3.8) is 0 Å². The van der Waals surface area contributed by atoms with Gasteiger partial charge in [0.2, 0.25) is 12.5 Å². The summed E-state index contributed by atoms with van der Waals surface area (Å²) in [6.07, 6.45) is 3.35. The van der Waals surface area contributed by atoms with E-state index in [4.69, 9.17) is 23.7 Å². The minimum atomic E-state index is 0.291. The van der Waals surface area contributed by atoms with Gasteiger partial charge in [0.1, 0.15) is 17.7 Å². The Morgan fingerprint density at radius 1 is 0.966 bits per heavy atom. The fourth-order valence-electron chi connectivity index (χ4n) is 3.40. The lowest BCUT2D eigenvalue weighted by Crippen LogP contribution is -2.06. The molecule has 0 fully saturated rings. The van der Waals surface area contributed by atoms with Crippen molar-refractivity contribution in [3.05, 3.63) is 36.2 Å². The van der Waals surface area contributed by atoms with Crippen molar-refractivity contribution in [1.82, 2.24) is 9.97 Å². The number of ether oxygens (including phenoxy) is 5. The molecule has 4 rings (SSSR count). The Morgan fingerprint density at radius 2 is 1.79 bits per heavy atom. The van der Waals surface area contributed by atoms with Gasteiger partial charge in [-0.25, -0.2) is 9.97 Å². The van der Waals surface area contributed by atoms with Crippen molar-refractivity contribution in [2.24, 2.45) is 0 Å². The van der Waals surface area contributed by atoms with Gasteiger partial charge < -0.3 is 29.0 Å². The molecule has 0 bridgehead atoms. The van der Waals surface area contributed by atoms with E-state index in [1.54, 1.807) is 21.3 Å². The van der Waals surface area contributed by atoms with Crippen LogP contribution >= 0.6 is 0 Å². The molecule has 0 amide bonds. The van der Waals surface area contributed by atoms with Crippen LogP contribution in [-0.4, -0.2) is 44.6 Å². The summed E-state index contributed by atoms with van der Waals surface area (Å²) in [5.41, 5.74) is 1.87. The topological polar surface area (TPSA) is 84.0 Å². The van der Waals surface area contributed by atoms with E-state index in [0.717, 1.165) is 42.1 Å². The first-order valence-corrected chi connectivity index (χ1v) is 9.31. The summed E-state index contributed by atoms with van der Waals surface area (Å²) in [5, 5.41) is 4.20. The number of fused-ring (bicyclic) bond motifs is 2. The molecule has 1 aromatic heterocycles. The molecular formula is C21H23N3O5. The second-order valence-corrected chi connectivity index (χ2v) is 6.48. The van der Waals surface area contributed by atoms with Gasteiger partial charge in [0.05, 0.1) is 26.7 Å². The lowest BCUT2D eigenvalue weighted by molar-refractivity contribution is 0.174. The van der Waals surface area contributed by atoms with E-state index in [2.05, 4.69) is 21.4 Å². The molecule has 0 saturated carbocycles. The maximum Gasteiger partial charge on any atom is 0.231 e. The quantitative estimate of drug-likeness (QED) is 0.579. The lowest BCUT2D eigenvalue weighted by atomic mass is 10.1. The molecule has 8 heteroatoms. The molecule has 0 spiro atoms. The fraction of sp³-hybridized carbons (Fsp3) is 0.333. The van der Waals surface area contributed by atoms with Crippen LogP contribution in [0.2, 0.25) is 0 Å². The Morgan fingerprint density at radius 3 is 2.59 bits per heavy atom. The maximum atomic E-state index is 5.52. The zero-order valence-corrected chi connectivity index (χ0v) is 16.7. The molecule has 0 aliphatic carbocycles. The van der Waals surface area contributed by atoms with Crippen molar-refractivity contribution in [1.29, 1.82) is 0 Å². The van der Waals surface area contributed by atoms with Crippen molar-refractivity contribution >= 4 is 16.7 Å². The van der Waals surface area contributed by atoms with E-state index in [-0.39, 0.29) is 0 Å². The van der Waals surface area contributed by atoms with Crippen molar-refractivity contribution < 1.29 is 23.7 Å². The lowest BCUT2D eigenvalue weighted by Gasteiger charge is -2.16. The number of benzene rings is 2. The van der Waals surface area contributed by atoms with Crippen LogP contribution in [0.1, 0.15) is 12.0 Å². The molecule has 0 radical (unpaired) electrons. The molecule has 3 aromatic rings. The highest BCUT2D eigenvalue weighted by atomic mass is 16.7. The molecule has 8 nitrogen and oxygen atoms in total. The fourth-order valence-corrected chi connectivity index (χ4v) is 3.40. The summed E-state index contributed by atoms with van der Waals surface area (Å²) in [4.78, 5) is 8.76. The Balaban J connectivity index is 1.49. The van der Waals surface area contributed by atoms with E-state index in [0.29, 0.717) is 29.6 Å². The van der Waals surface area contributed by atoms with Gasteiger partial charge in [-0.05, 0) is 36.6 Å². The third-order valence-electron chi connectivity index (χ3n) is 4.80. The maximum absolute atomic E-state index is 5.52. The summed E-state index contributed by atoms with van der Waals surface area (Å²) in [7, 11) is 4.74. The van der Waals surface area contributed by atoms with Crippen LogP contribution in [0.25, 0.3) is 10.9 Å². The minimum absolute atomic E-state index is 0.291. The van der Waals surface area contributed by atoms with Crippen LogP contribution in [0.3, 0.4) is 0 Å². The van der Waals surface area contributed by atoms with Gasteiger partial charge in [0.15, 0.2) is 23.0 Å². The van der Waals surface area contributed by atoms with E-state index in [1.165, 1.54) is 11.9 Å². The Labute approximate surface area is 168 Å². The van der Waals surface area contributed by atoms with Crippen LogP contribution in [0.5, 0.6) is 28.7 Å². The van der Waals surface area contributed by atoms with Crippen LogP contribution in [0, 0.1) is 0 Å². The summed E-state index contributed by atoms with van der Waals surface area (Å²) in [5.74, 6) is 3.93. The van der Waals surface area contributed by atoms with Gasteiger partial charge in [-0.3, -0.25) is 0 Å². The Hall–Kier alpha value is -3.42. The highest BCUT2D eigenvalue weighted by molar-refractivity contribution is 5.96. The van der Waals surface area contributed by atoms with Gasteiger partial charge in [-0.1, -0.05) is 6.07 Å². The van der Waals surface area contributed by atoms with Crippen molar-refractivity contribution in [2.75, 3.05) is 40.0 Å². The number of anilines is 1. The first-order chi connectivity index (χ1) is 14.2. The van der Waals surface area contributed by atoms with Crippen LogP contribution < -0.4 is 29.0 Å². The van der Waals surface area contributed by atoms with Crippen LogP contribution in [0.15, 0.2) is 30.6 Å². The zero-order chi connectivity index (χ0) is 20.2. The third kappa shape index (κ3) is 3.65. The van der Waals surface area contributed by atoms with Gasteiger partial charge in [-0.2, -0.15) is 0 Å². The number of aromatic nitrogens is 2. The normalized spacial score (nSPS) is 12.1. The van der Waals surface area contributed by atoms with Crippen LogP contribution in [-0.2, 0) is 6.42 Å². The molecule has 0 unspecified atom stereocenters. The highest BCUT2D eigenvalue weighted by Gasteiger charge is 2.19. The van der Waals surface area contributed by atoms with E-state index in [9.17, 15) is 0 Å². The molecule has 1 aliphatic rings. The molecule has 1 aliphatic heterocycles. The number of hydrogen-bond acceptors (Lipinski definition) is 8. The number of aryl methyl sites for hydroxylation is 1. The smallest absolute Gasteiger partial charge is 0.231 e. The minimum Gasteiger partial charge on any atom is -0.493 e. The molecule has 29 heavy (non-hydrogen) atoms. The summed E-state index contributed by atoms with van der Waals surface area (Å²) in [6, 6.07) is 7.91. The zero-order valence-electron chi connectivity index (χ0n) is 16.7. The molecule has 2 aromatic carbocycles. The number of nitrogens with zero attached hydrogens (tertiary/aromatic N) is 2. The van der Waals surface area contributed by atoms with Gasteiger partial charge in [0, 0.05) is 6.54 Å². The molecule has 0 atom stereocenters. The third-order valence-corrected chi connectivity index (χ3v) is 4.80. The standard InChI is InChI=1S/C21H23N3O5/c1-25-17-10-14-18(20(27-3)19(17)26-2)23-11-24-21(14)22-8-4-5-13-6-7-15-16(9-13)29-12-28-15/h6-7,9-11H,4-5,8,12H2,1-3H3,(H,22,23,24). The Bertz CT molecular complexity index is 1020. The summed E-state index contributed by atoms with van der Waals surface area (Å²) >= 11 is 0. The number of hydrogen-bond donors (Lipinski definition) is 1. The largest absolute Gasteiger partial charge is 0.493 e.